The molecule has 194 valence electrons. The van der Waals surface area contributed by atoms with Crippen molar-refractivity contribution in [3.63, 3.8) is 0 Å². The maximum Gasteiger partial charge on any atom is 0.408 e. The van der Waals surface area contributed by atoms with Gasteiger partial charge in [0.2, 0.25) is 11.8 Å². The van der Waals surface area contributed by atoms with Gasteiger partial charge < -0.3 is 20.1 Å². The molecule has 10 nitrogen and oxygen atoms in total. The first-order chi connectivity index (χ1) is 17.2. The lowest BCUT2D eigenvalue weighted by Gasteiger charge is -2.28. The van der Waals surface area contributed by atoms with Crippen molar-refractivity contribution in [1.29, 1.82) is 0 Å². The Morgan fingerprint density at radius 2 is 1.81 bits per heavy atom. The number of amides is 2. The maximum absolute atomic E-state index is 13.5. The van der Waals surface area contributed by atoms with Crippen molar-refractivity contribution in [2.75, 3.05) is 12.4 Å². The van der Waals surface area contributed by atoms with E-state index in [-0.39, 0.29) is 11.8 Å². The van der Waals surface area contributed by atoms with E-state index < -0.39 is 17.7 Å². The van der Waals surface area contributed by atoms with Crippen molar-refractivity contribution in [3.8, 4) is 5.88 Å². The number of carbonyl (C=O) groups excluding carboxylic acids is 2. The first-order valence-electron chi connectivity index (χ1n) is 12.9. The quantitative estimate of drug-likeness (QED) is 0.512. The lowest BCUT2D eigenvalue weighted by Crippen LogP contribution is -2.51. The smallest absolute Gasteiger partial charge is 0.408 e. The summed E-state index contributed by atoms with van der Waals surface area (Å²) in [5, 5.41) is 18.8. The summed E-state index contributed by atoms with van der Waals surface area (Å²) in [4.78, 5) is 26.1. The van der Waals surface area contributed by atoms with Crippen LogP contribution >= 0.6 is 0 Å². The molecular formula is C26H36N6O4. The Bertz CT molecular complexity index is 1100. The van der Waals surface area contributed by atoms with Gasteiger partial charge in [-0.2, -0.15) is 10.2 Å². The summed E-state index contributed by atoms with van der Waals surface area (Å²) in [7, 11) is 1.58. The van der Waals surface area contributed by atoms with Gasteiger partial charge >= 0.3 is 6.09 Å². The van der Waals surface area contributed by atoms with Crippen molar-refractivity contribution in [2.45, 2.75) is 83.4 Å². The van der Waals surface area contributed by atoms with Crippen molar-refractivity contribution in [2.24, 2.45) is 17.8 Å². The van der Waals surface area contributed by atoms with E-state index in [0.717, 1.165) is 49.8 Å². The molecule has 0 spiro atoms. The average molecular weight is 497 g/mol. The van der Waals surface area contributed by atoms with Crippen LogP contribution in [0.15, 0.2) is 18.5 Å². The predicted octanol–water partition coefficient (Wildman–Crippen LogP) is 3.88. The molecule has 3 fully saturated rings. The van der Waals surface area contributed by atoms with E-state index in [0.29, 0.717) is 35.9 Å². The SMILES string of the molecule is COc1nnc(C2CC2)cc1Cn1cc(NC(=O)[C@@H](NC(=O)OC(C)(C)C)C(C2CC2)C2CC2)cn1. The summed E-state index contributed by atoms with van der Waals surface area (Å²) in [6.07, 6.45) is 9.52. The number of rotatable bonds is 10. The number of carbonyl (C=O) groups is 2. The molecule has 2 heterocycles. The molecule has 3 aliphatic carbocycles. The molecule has 0 aromatic carbocycles. The normalized spacial score (nSPS) is 18.6. The molecule has 2 amide bonds. The van der Waals surface area contributed by atoms with Gasteiger partial charge in [0.05, 0.1) is 31.2 Å². The Morgan fingerprint density at radius 1 is 1.11 bits per heavy atom. The van der Waals surface area contributed by atoms with Gasteiger partial charge in [0, 0.05) is 17.7 Å². The van der Waals surface area contributed by atoms with E-state index in [1.54, 1.807) is 24.2 Å². The van der Waals surface area contributed by atoms with Crippen LogP contribution in [0.3, 0.4) is 0 Å². The summed E-state index contributed by atoms with van der Waals surface area (Å²) >= 11 is 0. The monoisotopic (exact) mass is 496 g/mol. The second-order valence-corrected chi connectivity index (χ2v) is 11.4. The molecule has 3 aliphatic rings. The second kappa shape index (κ2) is 9.71. The molecule has 36 heavy (non-hydrogen) atoms. The van der Waals surface area contributed by atoms with Crippen LogP contribution in [0, 0.1) is 17.8 Å². The van der Waals surface area contributed by atoms with Crippen LogP contribution in [-0.4, -0.2) is 50.7 Å². The van der Waals surface area contributed by atoms with Crippen molar-refractivity contribution >= 4 is 17.7 Å². The molecule has 1 atom stereocenters. The minimum absolute atomic E-state index is 0.126. The number of nitrogens with one attached hydrogen (secondary N) is 2. The fourth-order valence-corrected chi connectivity index (χ4v) is 4.87. The molecule has 2 N–H and O–H groups in total. The third-order valence-electron chi connectivity index (χ3n) is 6.95. The summed E-state index contributed by atoms with van der Waals surface area (Å²) in [5.74, 6) is 1.79. The highest BCUT2D eigenvalue weighted by molar-refractivity contribution is 5.96. The third kappa shape index (κ3) is 6.14. The van der Waals surface area contributed by atoms with Gasteiger partial charge in [-0.25, -0.2) is 4.79 Å². The number of methoxy groups -OCH3 is 1. The molecule has 0 unspecified atom stereocenters. The summed E-state index contributed by atoms with van der Waals surface area (Å²) in [5.41, 5.74) is 1.81. The van der Waals surface area contributed by atoms with Crippen LogP contribution < -0.4 is 15.4 Å². The van der Waals surface area contributed by atoms with E-state index >= 15 is 0 Å². The molecule has 2 aromatic heterocycles. The molecule has 0 aliphatic heterocycles. The lowest BCUT2D eigenvalue weighted by molar-refractivity contribution is -0.120. The standard InChI is InChI=1S/C26H36N6O4/c1-26(2,3)36-25(34)29-22(21(16-7-8-16)17-9-10-17)23(33)28-19-12-27-32(14-19)13-18-11-20(15-5-6-15)30-31-24(18)35-4/h11-12,14-17,21-22H,5-10,13H2,1-4H3,(H,28,33)(H,29,34)/t22-/m0/s1. The highest BCUT2D eigenvalue weighted by atomic mass is 16.6. The number of aromatic nitrogens is 4. The van der Waals surface area contributed by atoms with Gasteiger partial charge in [-0.3, -0.25) is 9.48 Å². The highest BCUT2D eigenvalue weighted by Crippen LogP contribution is 2.51. The van der Waals surface area contributed by atoms with Crippen LogP contribution in [0.4, 0.5) is 10.5 Å². The Morgan fingerprint density at radius 3 is 2.39 bits per heavy atom. The van der Waals surface area contributed by atoms with E-state index in [1.807, 2.05) is 26.8 Å². The number of ether oxygens (including phenoxy) is 2. The highest BCUT2D eigenvalue weighted by Gasteiger charge is 2.48. The number of anilines is 1. The van der Waals surface area contributed by atoms with Crippen molar-refractivity contribution in [1.82, 2.24) is 25.3 Å². The van der Waals surface area contributed by atoms with E-state index in [1.165, 1.54) is 0 Å². The maximum atomic E-state index is 13.5. The molecular weight excluding hydrogens is 460 g/mol. The number of hydrogen-bond donors (Lipinski definition) is 2. The third-order valence-corrected chi connectivity index (χ3v) is 6.95. The Balaban J connectivity index is 1.28. The van der Waals surface area contributed by atoms with E-state index in [2.05, 4.69) is 25.9 Å². The topological polar surface area (TPSA) is 120 Å². The van der Waals surface area contributed by atoms with E-state index in [4.69, 9.17) is 9.47 Å². The fraction of sp³-hybridized carbons (Fsp3) is 0.654. The Kier molecular flexibility index (Phi) is 6.61. The molecule has 0 radical (unpaired) electrons. The van der Waals surface area contributed by atoms with Crippen molar-refractivity contribution in [3.05, 3.63) is 29.7 Å². The zero-order chi connectivity index (χ0) is 25.4. The van der Waals surface area contributed by atoms with Gasteiger partial charge in [0.25, 0.3) is 0 Å². The summed E-state index contributed by atoms with van der Waals surface area (Å²) < 4.78 is 12.6. The Labute approximate surface area is 211 Å². The molecule has 0 saturated heterocycles. The molecule has 2 aromatic rings. The summed E-state index contributed by atoms with van der Waals surface area (Å²) in [6.45, 7) is 5.89. The van der Waals surface area contributed by atoms with Crippen molar-refractivity contribution < 1.29 is 19.1 Å². The minimum atomic E-state index is -0.645. The second-order valence-electron chi connectivity index (χ2n) is 11.4. The molecule has 5 rings (SSSR count). The first kappa shape index (κ1) is 24.5. The zero-order valence-electron chi connectivity index (χ0n) is 21.5. The Hall–Kier alpha value is -3.17. The first-order valence-corrected chi connectivity index (χ1v) is 12.9. The number of alkyl carbamates (subject to hydrolysis) is 1. The van der Waals surface area contributed by atoms with Crippen LogP contribution in [0.25, 0.3) is 0 Å². The van der Waals surface area contributed by atoms with Gasteiger partial charge in [-0.15, -0.1) is 5.10 Å². The van der Waals surface area contributed by atoms with Gasteiger partial charge in [-0.05, 0) is 83.1 Å². The molecule has 0 bridgehead atoms. The zero-order valence-corrected chi connectivity index (χ0v) is 21.5. The van der Waals surface area contributed by atoms with Crippen LogP contribution in [0.1, 0.15) is 76.5 Å². The van der Waals surface area contributed by atoms with Crippen LogP contribution in [0.5, 0.6) is 5.88 Å². The van der Waals surface area contributed by atoms with Crippen LogP contribution in [-0.2, 0) is 16.1 Å². The number of hydrogen-bond acceptors (Lipinski definition) is 7. The van der Waals surface area contributed by atoms with E-state index in [9.17, 15) is 9.59 Å². The van der Waals surface area contributed by atoms with Gasteiger partial charge in [0.15, 0.2) is 0 Å². The molecule has 10 heteroatoms. The predicted molar refractivity (Wildman–Crippen MR) is 133 cm³/mol. The largest absolute Gasteiger partial charge is 0.480 e. The van der Waals surface area contributed by atoms with Crippen LogP contribution in [0.2, 0.25) is 0 Å². The number of nitrogens with zero attached hydrogens (tertiary/aromatic N) is 4. The molecule has 3 saturated carbocycles. The summed E-state index contributed by atoms with van der Waals surface area (Å²) in [6, 6.07) is 1.38. The minimum Gasteiger partial charge on any atom is -0.480 e. The lowest BCUT2D eigenvalue weighted by atomic mass is 9.89. The fourth-order valence-electron chi connectivity index (χ4n) is 4.87. The van der Waals surface area contributed by atoms with Gasteiger partial charge in [0.1, 0.15) is 11.6 Å². The average Bonchev–Trinajstić information content (AvgIpc) is 3.65. The van der Waals surface area contributed by atoms with Gasteiger partial charge in [-0.1, -0.05) is 0 Å².